The molecule has 5 aliphatic rings. The van der Waals surface area contributed by atoms with Crippen molar-refractivity contribution in [3.63, 3.8) is 0 Å². The summed E-state index contributed by atoms with van der Waals surface area (Å²) >= 11 is 0. The molecule has 3 saturated heterocycles. The second kappa shape index (κ2) is 17.1. The number of rotatable bonds is 7. The number of urea groups is 2. The van der Waals surface area contributed by atoms with Crippen LogP contribution in [0.25, 0.3) is 0 Å². The van der Waals surface area contributed by atoms with Crippen LogP contribution in [-0.2, 0) is 11.3 Å². The molecular weight excluding hydrogens is 698 g/mol. The number of nitrogens with one attached hydrogen (secondary N) is 5. The first-order chi connectivity index (χ1) is 26.0. The first-order valence-corrected chi connectivity index (χ1v) is 19.3. The van der Waals surface area contributed by atoms with Gasteiger partial charge in [0.25, 0.3) is 0 Å². The van der Waals surface area contributed by atoms with Gasteiger partial charge >= 0.3 is 30.3 Å². The SMILES string of the molecule is COC(=O)NC(=N)c1ccc(CNC(=O)N2CC3(C4CCCCCCC43)N(C(=O)O)CC2C2CN(C(=O)NCCC3CCNCC3)CCN2C(=O)O)cc1. The highest BCUT2D eigenvalue weighted by atomic mass is 16.5. The predicted molar refractivity (Wildman–Crippen MR) is 197 cm³/mol. The zero-order chi connectivity index (χ0) is 38.4. The molecule has 296 valence electrons. The van der Waals surface area contributed by atoms with Gasteiger partial charge in [-0.15, -0.1) is 0 Å². The average Bonchev–Trinajstić information content (AvgIpc) is 3.74. The molecule has 0 bridgehead atoms. The van der Waals surface area contributed by atoms with Crippen molar-refractivity contribution in [1.82, 2.24) is 40.9 Å². The number of alkyl carbamates (subject to hydrolysis) is 1. The first kappa shape index (κ1) is 38.9. The summed E-state index contributed by atoms with van der Waals surface area (Å²) in [6, 6.07) is 4.27. The Labute approximate surface area is 315 Å². The molecule has 0 aromatic heterocycles. The van der Waals surface area contributed by atoms with Crippen LogP contribution in [0.2, 0.25) is 0 Å². The number of hydrogen-bond donors (Lipinski definition) is 7. The van der Waals surface area contributed by atoms with E-state index in [9.17, 15) is 34.2 Å². The van der Waals surface area contributed by atoms with E-state index in [1.165, 1.54) is 16.9 Å². The van der Waals surface area contributed by atoms with Gasteiger partial charge in [0.15, 0.2) is 0 Å². The molecule has 1 aromatic rings. The Kier molecular flexibility index (Phi) is 12.3. The molecule has 3 heterocycles. The van der Waals surface area contributed by atoms with Crippen LogP contribution in [0.4, 0.5) is 24.0 Å². The monoisotopic (exact) mass is 753 g/mol. The largest absolute Gasteiger partial charge is 0.465 e. The summed E-state index contributed by atoms with van der Waals surface area (Å²) in [4.78, 5) is 71.2. The van der Waals surface area contributed by atoms with Crippen molar-refractivity contribution in [3.05, 3.63) is 35.4 Å². The molecule has 2 aliphatic carbocycles. The van der Waals surface area contributed by atoms with Crippen molar-refractivity contribution in [2.45, 2.75) is 82.0 Å². The van der Waals surface area contributed by atoms with E-state index in [1.807, 2.05) is 0 Å². The fourth-order valence-corrected chi connectivity index (χ4v) is 9.47. The fraction of sp³-hybridized carbons (Fsp3) is 0.676. The summed E-state index contributed by atoms with van der Waals surface area (Å²) < 4.78 is 4.56. The minimum absolute atomic E-state index is 0.0142. The van der Waals surface area contributed by atoms with Crippen molar-refractivity contribution in [2.24, 2.45) is 17.8 Å². The molecule has 1 spiro atoms. The Morgan fingerprint density at radius 2 is 1.52 bits per heavy atom. The number of benzene rings is 1. The topological polar surface area (TPSA) is 220 Å². The van der Waals surface area contributed by atoms with Crippen molar-refractivity contribution in [2.75, 3.05) is 59.5 Å². The first-order valence-electron chi connectivity index (χ1n) is 19.3. The number of ether oxygens (including phenoxy) is 1. The fourth-order valence-electron chi connectivity index (χ4n) is 9.47. The van der Waals surface area contributed by atoms with Crippen LogP contribution in [0, 0.1) is 23.2 Å². The number of methoxy groups -OCH3 is 1. The van der Waals surface area contributed by atoms with Crippen molar-refractivity contribution in [3.8, 4) is 0 Å². The van der Waals surface area contributed by atoms with Crippen molar-refractivity contribution in [1.29, 1.82) is 5.41 Å². The highest BCUT2D eigenvalue weighted by molar-refractivity contribution is 6.04. The van der Waals surface area contributed by atoms with E-state index in [-0.39, 0.29) is 63.0 Å². The number of fused-ring (bicyclic) bond motifs is 3. The summed E-state index contributed by atoms with van der Waals surface area (Å²) in [5, 5.41) is 40.9. The van der Waals surface area contributed by atoms with Gasteiger partial charge in [-0.3, -0.25) is 20.5 Å². The van der Waals surface area contributed by atoms with Crippen LogP contribution in [0.5, 0.6) is 0 Å². The molecule has 17 nitrogen and oxygen atoms in total. The van der Waals surface area contributed by atoms with Crippen LogP contribution in [0.3, 0.4) is 0 Å². The zero-order valence-corrected chi connectivity index (χ0v) is 31.1. The van der Waals surface area contributed by atoms with Gasteiger partial charge in [0.1, 0.15) is 5.84 Å². The lowest BCUT2D eigenvalue weighted by Crippen LogP contribution is -2.73. The maximum atomic E-state index is 14.4. The molecule has 3 aliphatic heterocycles. The molecular formula is C37H55N9O8. The van der Waals surface area contributed by atoms with Gasteiger partial charge in [-0.25, -0.2) is 24.0 Å². The minimum atomic E-state index is -1.19. The number of piperidine rings is 1. The summed E-state index contributed by atoms with van der Waals surface area (Å²) in [6.07, 6.45) is 5.85. The lowest BCUT2D eigenvalue weighted by molar-refractivity contribution is -0.0200. The average molecular weight is 754 g/mol. The van der Waals surface area contributed by atoms with E-state index >= 15 is 0 Å². The Morgan fingerprint density at radius 1 is 0.852 bits per heavy atom. The maximum Gasteiger partial charge on any atom is 0.412 e. The molecule has 4 unspecified atom stereocenters. The summed E-state index contributed by atoms with van der Waals surface area (Å²) in [5.41, 5.74) is 0.405. The third-order valence-corrected chi connectivity index (χ3v) is 12.4. The number of amidine groups is 1. The van der Waals surface area contributed by atoms with E-state index in [0.29, 0.717) is 18.0 Å². The number of carbonyl (C=O) groups excluding carboxylic acids is 3. The highest BCUT2D eigenvalue weighted by Crippen LogP contribution is 2.62. The molecule has 6 rings (SSSR count). The van der Waals surface area contributed by atoms with Crippen molar-refractivity contribution < 1.29 is 38.9 Å². The van der Waals surface area contributed by atoms with Crippen LogP contribution in [0.1, 0.15) is 68.9 Å². The smallest absolute Gasteiger partial charge is 0.412 e. The Hall–Kier alpha value is -4.80. The van der Waals surface area contributed by atoms with Gasteiger partial charge in [-0.2, -0.15) is 0 Å². The molecule has 4 atom stereocenters. The molecule has 1 aromatic carbocycles. The predicted octanol–water partition coefficient (Wildman–Crippen LogP) is 3.34. The molecule has 7 N–H and O–H groups in total. The van der Waals surface area contributed by atoms with Gasteiger partial charge in [0, 0.05) is 51.4 Å². The Balaban J connectivity index is 1.22. The zero-order valence-electron chi connectivity index (χ0n) is 31.1. The summed E-state index contributed by atoms with van der Waals surface area (Å²) in [5.74, 6) is 0.604. The van der Waals surface area contributed by atoms with Gasteiger partial charge in [0.05, 0.1) is 24.7 Å². The maximum absolute atomic E-state index is 14.4. The normalized spacial score (nSPS) is 27.2. The Morgan fingerprint density at radius 3 is 2.15 bits per heavy atom. The van der Waals surface area contributed by atoms with Gasteiger partial charge in [0.2, 0.25) is 0 Å². The Bertz CT molecular complexity index is 1540. The lowest BCUT2D eigenvalue weighted by Gasteiger charge is -2.52. The van der Waals surface area contributed by atoms with Crippen LogP contribution in [-0.4, -0.2) is 143 Å². The highest BCUT2D eigenvalue weighted by Gasteiger charge is 2.71. The van der Waals surface area contributed by atoms with E-state index in [1.54, 1.807) is 34.1 Å². The standard InChI is InChI=1S/C37H55N9O8/c1-54-34(49)42-31(38)26-10-8-25(9-11-26)20-41-33(48)45-23-37(27-6-4-2-3-5-7-28(27)37)46(36(52)53)22-30(45)29-21-43(18-19-44(29)35(50)51)32(47)40-17-14-24-12-15-39-16-13-24/h8-11,24,27-30,39H,2-7,12-23H2,1H3,(H,40,47)(H,41,48)(H,50,51)(H,52,53)(H2,38,42,49). The van der Waals surface area contributed by atoms with Crippen LogP contribution in [0.15, 0.2) is 24.3 Å². The van der Waals surface area contributed by atoms with E-state index in [4.69, 9.17) is 5.41 Å². The second-order valence-corrected chi connectivity index (χ2v) is 15.3. The minimum Gasteiger partial charge on any atom is -0.465 e. The van der Waals surface area contributed by atoms with Gasteiger partial charge in [-0.05, 0) is 68.5 Å². The van der Waals surface area contributed by atoms with E-state index < -0.39 is 41.9 Å². The number of amides is 7. The molecule has 2 saturated carbocycles. The van der Waals surface area contributed by atoms with Crippen LogP contribution < -0.4 is 21.3 Å². The lowest BCUT2D eigenvalue weighted by atomic mass is 9.93. The van der Waals surface area contributed by atoms with Crippen LogP contribution >= 0.6 is 0 Å². The quantitative estimate of drug-likeness (QED) is 0.160. The van der Waals surface area contributed by atoms with E-state index in [0.717, 1.165) is 76.4 Å². The van der Waals surface area contributed by atoms with Crippen molar-refractivity contribution >= 4 is 36.2 Å². The number of carboxylic acid groups (broad SMARTS) is 2. The molecule has 17 heteroatoms. The molecule has 7 amide bonds. The van der Waals surface area contributed by atoms with Gasteiger partial charge in [-0.1, -0.05) is 49.9 Å². The number of nitrogens with zero attached hydrogens (tertiary/aromatic N) is 4. The van der Waals surface area contributed by atoms with E-state index in [2.05, 4.69) is 26.0 Å². The second-order valence-electron chi connectivity index (χ2n) is 15.3. The number of hydrogen-bond acceptors (Lipinski definition) is 8. The third-order valence-electron chi connectivity index (χ3n) is 12.4. The number of piperazine rings is 2. The number of carbonyl (C=O) groups is 5. The summed E-state index contributed by atoms with van der Waals surface area (Å²) in [7, 11) is 1.21. The molecule has 5 fully saturated rings. The molecule has 0 radical (unpaired) electrons. The third kappa shape index (κ3) is 8.45. The van der Waals surface area contributed by atoms with Gasteiger partial charge < -0.3 is 40.7 Å². The summed E-state index contributed by atoms with van der Waals surface area (Å²) in [6.45, 7) is 2.84. The molecule has 54 heavy (non-hydrogen) atoms.